The second kappa shape index (κ2) is 5.66. The Balaban J connectivity index is 2.14. The van der Waals surface area contributed by atoms with Gasteiger partial charge in [-0.1, -0.05) is 12.1 Å². The summed E-state index contributed by atoms with van der Waals surface area (Å²) in [5.41, 5.74) is 0.498. The largest absolute Gasteiger partial charge is 0.329 e. The molecule has 0 unspecified atom stereocenters. The van der Waals surface area contributed by atoms with Crippen LogP contribution in [0.4, 0.5) is 10.1 Å². The average Bonchev–Trinajstić information content (AvgIpc) is 2.90. The van der Waals surface area contributed by atoms with Gasteiger partial charge in [0, 0.05) is 23.8 Å². The van der Waals surface area contributed by atoms with Crippen LogP contribution in [0.25, 0.3) is 11.0 Å². The Kier molecular flexibility index (Phi) is 3.81. The van der Waals surface area contributed by atoms with E-state index in [-0.39, 0.29) is 16.6 Å². The highest BCUT2D eigenvalue weighted by atomic mass is 32.2. The van der Waals surface area contributed by atoms with Crippen LogP contribution in [0.5, 0.6) is 0 Å². The van der Waals surface area contributed by atoms with Gasteiger partial charge in [-0.3, -0.25) is 4.72 Å². The quantitative estimate of drug-likeness (QED) is 0.794. The lowest BCUT2D eigenvalue weighted by Gasteiger charge is -2.08. The number of benzene rings is 1. The standard InChI is InChI=1S/C16H16FN3O2S/c1-11(2)20-10-15(12-6-5-9-18-16(12)20)23(21,22)19-14-8-4-3-7-13(14)17/h3-11,19H,1-2H3. The number of aromatic nitrogens is 2. The summed E-state index contributed by atoms with van der Waals surface area (Å²) in [5, 5.41) is 0.505. The molecule has 0 saturated heterocycles. The van der Waals surface area contributed by atoms with E-state index in [9.17, 15) is 12.8 Å². The minimum absolute atomic E-state index is 0.0461. The third-order valence-electron chi connectivity index (χ3n) is 3.52. The SMILES string of the molecule is CC(C)n1cc(S(=O)(=O)Nc2ccccc2F)c2cccnc21. The van der Waals surface area contributed by atoms with Gasteiger partial charge in [-0.2, -0.15) is 0 Å². The summed E-state index contributed by atoms with van der Waals surface area (Å²) < 4.78 is 43.2. The zero-order valence-electron chi connectivity index (χ0n) is 12.7. The number of nitrogens with one attached hydrogen (secondary N) is 1. The Morgan fingerprint density at radius 2 is 1.91 bits per heavy atom. The molecule has 0 amide bonds. The van der Waals surface area contributed by atoms with E-state index in [0.29, 0.717) is 11.0 Å². The lowest BCUT2D eigenvalue weighted by atomic mass is 10.3. The molecule has 0 saturated carbocycles. The first kappa shape index (κ1) is 15.5. The smallest absolute Gasteiger partial charge is 0.264 e. The first-order chi connectivity index (χ1) is 10.9. The van der Waals surface area contributed by atoms with Crippen LogP contribution in [0.2, 0.25) is 0 Å². The summed E-state index contributed by atoms with van der Waals surface area (Å²) in [6, 6.07) is 9.07. The lowest BCUT2D eigenvalue weighted by molar-refractivity contribution is 0.594. The van der Waals surface area contributed by atoms with Gasteiger partial charge in [0.25, 0.3) is 10.0 Å². The Bertz CT molecular complexity index is 964. The molecule has 1 N–H and O–H groups in total. The van der Waals surface area contributed by atoms with Crippen molar-refractivity contribution in [1.82, 2.24) is 9.55 Å². The number of para-hydroxylation sites is 1. The van der Waals surface area contributed by atoms with Gasteiger partial charge in [-0.05, 0) is 38.1 Å². The Morgan fingerprint density at radius 3 is 2.61 bits per heavy atom. The molecule has 7 heteroatoms. The van der Waals surface area contributed by atoms with Crippen molar-refractivity contribution in [2.45, 2.75) is 24.8 Å². The molecule has 0 fully saturated rings. The van der Waals surface area contributed by atoms with Gasteiger partial charge in [0.2, 0.25) is 0 Å². The van der Waals surface area contributed by atoms with E-state index < -0.39 is 15.8 Å². The Hall–Kier alpha value is -2.41. The van der Waals surface area contributed by atoms with Crippen LogP contribution in [0, 0.1) is 5.82 Å². The Labute approximate surface area is 133 Å². The van der Waals surface area contributed by atoms with Crippen molar-refractivity contribution in [1.29, 1.82) is 0 Å². The number of sulfonamides is 1. The van der Waals surface area contributed by atoms with E-state index in [2.05, 4.69) is 9.71 Å². The first-order valence-electron chi connectivity index (χ1n) is 7.13. The molecule has 3 rings (SSSR count). The normalized spacial score (nSPS) is 12.0. The summed E-state index contributed by atoms with van der Waals surface area (Å²) in [5.74, 6) is -0.623. The molecule has 0 aliphatic rings. The minimum Gasteiger partial charge on any atom is -0.329 e. The van der Waals surface area contributed by atoms with Crippen LogP contribution >= 0.6 is 0 Å². The summed E-state index contributed by atoms with van der Waals surface area (Å²) >= 11 is 0. The van der Waals surface area contributed by atoms with E-state index in [1.165, 1.54) is 24.4 Å². The third-order valence-corrected chi connectivity index (χ3v) is 4.91. The predicted octanol–water partition coefficient (Wildman–Crippen LogP) is 3.56. The fourth-order valence-electron chi connectivity index (χ4n) is 2.40. The minimum atomic E-state index is -3.93. The van der Waals surface area contributed by atoms with Crippen LogP contribution in [0.3, 0.4) is 0 Å². The topological polar surface area (TPSA) is 64.0 Å². The lowest BCUT2D eigenvalue weighted by Crippen LogP contribution is -2.13. The maximum absolute atomic E-state index is 13.7. The van der Waals surface area contributed by atoms with Gasteiger partial charge < -0.3 is 4.57 Å². The molecule has 23 heavy (non-hydrogen) atoms. The fraction of sp³-hybridized carbons (Fsp3) is 0.188. The fourth-order valence-corrected chi connectivity index (χ4v) is 3.67. The molecule has 1 aromatic carbocycles. The van der Waals surface area contributed by atoms with Gasteiger partial charge in [0.15, 0.2) is 0 Å². The molecule has 0 bridgehead atoms. The molecule has 0 aliphatic carbocycles. The molecule has 2 heterocycles. The van der Waals surface area contributed by atoms with E-state index >= 15 is 0 Å². The molecular weight excluding hydrogens is 317 g/mol. The maximum Gasteiger partial charge on any atom is 0.264 e. The highest BCUT2D eigenvalue weighted by Gasteiger charge is 2.23. The van der Waals surface area contributed by atoms with Crippen molar-refractivity contribution in [2.75, 3.05) is 4.72 Å². The second-order valence-electron chi connectivity index (χ2n) is 5.45. The highest BCUT2D eigenvalue weighted by molar-refractivity contribution is 7.93. The zero-order chi connectivity index (χ0) is 16.6. The van der Waals surface area contributed by atoms with Crippen LogP contribution in [0.15, 0.2) is 53.7 Å². The monoisotopic (exact) mass is 333 g/mol. The van der Waals surface area contributed by atoms with Gasteiger partial charge in [-0.15, -0.1) is 0 Å². The van der Waals surface area contributed by atoms with Crippen LogP contribution in [0.1, 0.15) is 19.9 Å². The van der Waals surface area contributed by atoms with Gasteiger partial charge >= 0.3 is 0 Å². The number of halogens is 1. The summed E-state index contributed by atoms with van der Waals surface area (Å²) in [6.45, 7) is 3.88. The predicted molar refractivity (Wildman–Crippen MR) is 87.3 cm³/mol. The molecule has 120 valence electrons. The maximum atomic E-state index is 13.7. The molecule has 2 aromatic heterocycles. The highest BCUT2D eigenvalue weighted by Crippen LogP contribution is 2.28. The third kappa shape index (κ3) is 2.79. The molecule has 0 spiro atoms. The number of hydrogen-bond donors (Lipinski definition) is 1. The number of anilines is 1. The van der Waals surface area contributed by atoms with E-state index in [0.717, 1.165) is 0 Å². The second-order valence-corrected chi connectivity index (χ2v) is 7.11. The number of pyridine rings is 1. The van der Waals surface area contributed by atoms with Crippen LogP contribution < -0.4 is 4.72 Å². The molecule has 0 radical (unpaired) electrons. The average molecular weight is 333 g/mol. The molecule has 0 atom stereocenters. The van der Waals surface area contributed by atoms with Crippen molar-refractivity contribution in [3.63, 3.8) is 0 Å². The van der Waals surface area contributed by atoms with Crippen molar-refractivity contribution in [3.8, 4) is 0 Å². The number of nitrogens with zero attached hydrogens (tertiary/aromatic N) is 2. The molecule has 0 aliphatic heterocycles. The van der Waals surface area contributed by atoms with Crippen LogP contribution in [-0.4, -0.2) is 18.0 Å². The van der Waals surface area contributed by atoms with Crippen molar-refractivity contribution in [3.05, 3.63) is 54.6 Å². The van der Waals surface area contributed by atoms with E-state index in [1.807, 2.05) is 13.8 Å². The molecular formula is C16H16FN3O2S. The zero-order valence-corrected chi connectivity index (χ0v) is 13.5. The van der Waals surface area contributed by atoms with Gasteiger partial charge in [0.05, 0.1) is 5.69 Å². The molecule has 5 nitrogen and oxygen atoms in total. The number of fused-ring (bicyclic) bond motifs is 1. The molecule has 3 aromatic rings. The van der Waals surface area contributed by atoms with E-state index in [4.69, 9.17) is 0 Å². The summed E-state index contributed by atoms with van der Waals surface area (Å²) in [7, 11) is -3.93. The van der Waals surface area contributed by atoms with Crippen molar-refractivity contribution in [2.24, 2.45) is 0 Å². The Morgan fingerprint density at radius 1 is 1.17 bits per heavy atom. The van der Waals surface area contributed by atoms with Crippen molar-refractivity contribution >= 4 is 26.7 Å². The van der Waals surface area contributed by atoms with Gasteiger partial charge in [-0.25, -0.2) is 17.8 Å². The number of rotatable bonds is 4. The van der Waals surface area contributed by atoms with Crippen LogP contribution in [-0.2, 0) is 10.0 Å². The van der Waals surface area contributed by atoms with Gasteiger partial charge in [0.1, 0.15) is 16.4 Å². The van der Waals surface area contributed by atoms with E-state index in [1.54, 1.807) is 29.0 Å². The summed E-state index contributed by atoms with van der Waals surface area (Å²) in [6.07, 6.45) is 3.15. The van der Waals surface area contributed by atoms with Crippen molar-refractivity contribution < 1.29 is 12.8 Å². The number of hydrogen-bond acceptors (Lipinski definition) is 3. The summed E-state index contributed by atoms with van der Waals surface area (Å²) in [4.78, 5) is 4.34. The first-order valence-corrected chi connectivity index (χ1v) is 8.61.